The Bertz CT molecular complexity index is 2190. The number of nitrogens with zero attached hydrogens (tertiary/aromatic N) is 5. The van der Waals surface area contributed by atoms with E-state index in [-0.39, 0.29) is 23.8 Å². The van der Waals surface area contributed by atoms with Crippen molar-refractivity contribution in [1.29, 1.82) is 5.41 Å². The third-order valence-electron chi connectivity index (χ3n) is 9.34. The molecule has 1 aromatic heterocycles. The Morgan fingerprint density at radius 2 is 1.78 bits per heavy atom. The molecule has 0 saturated heterocycles. The molecule has 5 rings (SSSR count). The normalized spacial score (nSPS) is 14.1. The third-order valence-corrected chi connectivity index (χ3v) is 9.34. The fraction of sp³-hybridized carbons (Fsp3) is 0.277. The Balaban J connectivity index is 1.30. The number of fused-ring (bicyclic) bond motifs is 1. The summed E-state index contributed by atoms with van der Waals surface area (Å²) in [6.07, 6.45) is 13.5. The van der Waals surface area contributed by atoms with Crippen molar-refractivity contribution in [3.63, 3.8) is 0 Å². The van der Waals surface area contributed by atoms with Crippen LogP contribution in [-0.4, -0.2) is 50.8 Å². The molecule has 1 aliphatic heterocycles. The molecule has 1 unspecified atom stereocenters. The van der Waals surface area contributed by atoms with Crippen molar-refractivity contribution in [1.82, 2.24) is 14.9 Å². The van der Waals surface area contributed by atoms with Crippen LogP contribution in [0, 0.1) is 24.2 Å². The lowest BCUT2D eigenvalue weighted by Gasteiger charge is -2.30. The number of anilines is 4. The quantitative estimate of drug-likeness (QED) is 0.0586. The first-order chi connectivity index (χ1) is 27.9. The van der Waals surface area contributed by atoms with E-state index in [4.69, 9.17) is 10.4 Å². The van der Waals surface area contributed by atoms with Crippen molar-refractivity contribution < 1.29 is 9.59 Å². The standard InChI is InChI=1S/C47H55N9O2/c1-8-15-41(38-18-13-10-14-19-38)52-42(26-32(2)3)45(57)55(30-37-16-11-9-12-17-37)25-24-33(4)28-49-40-23-20-34(5)43(27-40)56-31-39-29-50-46(53-44(39)54-47(56)58)51-36(7)22-21-35(6)48/h8-25,27,29,32-33,42,48-49H,7,26,28,30-31H2,1-6H3,(H2,50,51,53,54,58)/b15-8+,22-21-,25-24+,48-35?,52-41+/t33?,42-/m0/s1. The van der Waals surface area contributed by atoms with Gasteiger partial charge in [-0.1, -0.05) is 106 Å². The van der Waals surface area contributed by atoms with Gasteiger partial charge >= 0.3 is 6.03 Å². The Morgan fingerprint density at radius 3 is 2.47 bits per heavy atom. The number of aromatic nitrogens is 2. The lowest BCUT2D eigenvalue weighted by atomic mass is 10.0. The lowest BCUT2D eigenvalue weighted by Crippen LogP contribution is -2.39. The van der Waals surface area contributed by atoms with Crippen molar-refractivity contribution >= 4 is 46.5 Å². The van der Waals surface area contributed by atoms with Crippen molar-refractivity contribution in [3.8, 4) is 0 Å². The summed E-state index contributed by atoms with van der Waals surface area (Å²) in [5, 5.41) is 17.0. The summed E-state index contributed by atoms with van der Waals surface area (Å²) in [5.41, 5.74) is 7.05. The van der Waals surface area contributed by atoms with Crippen LogP contribution in [0.1, 0.15) is 63.3 Å². The topological polar surface area (TPSA) is 139 Å². The predicted octanol–water partition coefficient (Wildman–Crippen LogP) is 9.93. The molecular weight excluding hydrogens is 723 g/mol. The van der Waals surface area contributed by atoms with Crippen molar-refractivity contribution in [2.45, 2.75) is 67.1 Å². The number of allylic oxidation sites excluding steroid dienone is 4. The molecule has 1 aliphatic rings. The molecule has 3 aromatic carbocycles. The summed E-state index contributed by atoms with van der Waals surface area (Å²) in [7, 11) is 0. The first-order valence-electron chi connectivity index (χ1n) is 19.7. The van der Waals surface area contributed by atoms with E-state index in [1.165, 1.54) is 0 Å². The number of nitrogens with one attached hydrogen (secondary N) is 4. The molecule has 0 aliphatic carbocycles. The summed E-state index contributed by atoms with van der Waals surface area (Å²) in [4.78, 5) is 45.3. The Labute approximate surface area is 342 Å². The van der Waals surface area contributed by atoms with Crippen LogP contribution >= 0.6 is 0 Å². The molecule has 0 radical (unpaired) electrons. The summed E-state index contributed by atoms with van der Waals surface area (Å²) in [5.74, 6) is 0.996. The number of hydrogen-bond donors (Lipinski definition) is 4. The molecule has 58 heavy (non-hydrogen) atoms. The van der Waals surface area contributed by atoms with Crippen LogP contribution in [0.15, 0.2) is 139 Å². The van der Waals surface area contributed by atoms with Gasteiger partial charge in [0, 0.05) is 41.6 Å². The number of carbonyl (C=O) groups is 2. The zero-order valence-electron chi connectivity index (χ0n) is 34.4. The van der Waals surface area contributed by atoms with Gasteiger partial charge in [0.2, 0.25) is 5.95 Å². The Morgan fingerprint density at radius 1 is 1.05 bits per heavy atom. The van der Waals surface area contributed by atoms with E-state index >= 15 is 0 Å². The summed E-state index contributed by atoms with van der Waals surface area (Å²) in [6.45, 7) is 17.2. The molecule has 3 amide bonds. The minimum absolute atomic E-state index is 0.0499. The highest BCUT2D eigenvalue weighted by Crippen LogP contribution is 2.31. The number of benzene rings is 3. The zero-order valence-corrected chi connectivity index (χ0v) is 34.4. The number of hydrogen-bond acceptors (Lipinski definition) is 8. The van der Waals surface area contributed by atoms with E-state index in [1.807, 2.05) is 111 Å². The van der Waals surface area contributed by atoms with Crippen molar-refractivity contribution in [3.05, 3.63) is 156 Å². The van der Waals surface area contributed by atoms with Crippen LogP contribution < -0.4 is 20.9 Å². The largest absolute Gasteiger partial charge is 0.384 e. The molecule has 0 spiro atoms. The van der Waals surface area contributed by atoms with E-state index in [0.717, 1.165) is 39.3 Å². The van der Waals surface area contributed by atoms with Gasteiger partial charge in [-0.3, -0.25) is 20.0 Å². The zero-order chi connectivity index (χ0) is 41.6. The van der Waals surface area contributed by atoms with Crippen LogP contribution in [-0.2, 0) is 17.9 Å². The summed E-state index contributed by atoms with van der Waals surface area (Å²) in [6, 6.07) is 25.1. The summed E-state index contributed by atoms with van der Waals surface area (Å²) >= 11 is 0. The van der Waals surface area contributed by atoms with Gasteiger partial charge in [0.25, 0.3) is 5.91 Å². The molecule has 2 atom stereocenters. The minimum atomic E-state index is -0.562. The van der Waals surface area contributed by atoms with E-state index in [1.54, 1.807) is 35.1 Å². The minimum Gasteiger partial charge on any atom is -0.384 e. The number of aryl methyl sites for hydroxylation is 1. The van der Waals surface area contributed by atoms with Crippen molar-refractivity contribution in [2.24, 2.45) is 16.8 Å². The molecule has 11 heteroatoms. The van der Waals surface area contributed by atoms with E-state index in [9.17, 15) is 9.59 Å². The second-order valence-corrected chi connectivity index (χ2v) is 14.9. The number of rotatable bonds is 18. The third kappa shape index (κ3) is 12.2. The fourth-order valence-electron chi connectivity index (χ4n) is 6.29. The van der Waals surface area contributed by atoms with Gasteiger partial charge < -0.3 is 20.9 Å². The molecule has 4 N–H and O–H groups in total. The second kappa shape index (κ2) is 20.5. The maximum Gasteiger partial charge on any atom is 0.327 e. The maximum atomic E-state index is 14.4. The molecular formula is C47H55N9O2. The average Bonchev–Trinajstić information content (AvgIpc) is 3.21. The number of urea groups is 1. The first kappa shape index (κ1) is 42.5. The van der Waals surface area contributed by atoms with E-state index in [2.05, 4.69) is 59.3 Å². The summed E-state index contributed by atoms with van der Waals surface area (Å²) < 4.78 is 0. The number of carbonyl (C=O) groups excluding carboxylic acids is 2. The van der Waals surface area contributed by atoms with Crippen LogP contribution in [0.3, 0.4) is 0 Å². The van der Waals surface area contributed by atoms with Crippen LogP contribution in [0.2, 0.25) is 0 Å². The van der Waals surface area contributed by atoms with Crippen LogP contribution in [0.4, 0.5) is 27.9 Å². The molecule has 0 fully saturated rings. The number of amides is 3. The Kier molecular flexibility index (Phi) is 15.0. The number of aliphatic imine (C=N–C) groups is 1. The highest BCUT2D eigenvalue weighted by Gasteiger charge is 2.28. The highest BCUT2D eigenvalue weighted by atomic mass is 16.2. The van der Waals surface area contributed by atoms with E-state index in [0.29, 0.717) is 49.2 Å². The van der Waals surface area contributed by atoms with Gasteiger partial charge in [-0.25, -0.2) is 9.78 Å². The van der Waals surface area contributed by atoms with E-state index < -0.39 is 6.04 Å². The molecule has 11 nitrogen and oxygen atoms in total. The Hall–Kier alpha value is -6.62. The van der Waals surface area contributed by atoms with Crippen LogP contribution in [0.5, 0.6) is 0 Å². The van der Waals surface area contributed by atoms with Gasteiger partial charge in [-0.15, -0.1) is 0 Å². The van der Waals surface area contributed by atoms with Gasteiger partial charge in [0.1, 0.15) is 11.9 Å². The van der Waals surface area contributed by atoms with Crippen LogP contribution in [0.25, 0.3) is 0 Å². The predicted molar refractivity (Wildman–Crippen MR) is 239 cm³/mol. The first-order valence-corrected chi connectivity index (χ1v) is 19.7. The molecule has 0 bridgehead atoms. The molecule has 2 heterocycles. The molecule has 4 aromatic rings. The fourth-order valence-corrected chi connectivity index (χ4v) is 6.29. The SMILES string of the molecule is C=C(/C=C\C(C)=N)Nc1ncc2c(n1)NC(=O)N(c1cc(NCC(C)/C=C/N(Cc3ccccc3)C(=O)[C@H](CC(C)C)/N=C(\C=C\C)c3ccccc3)ccc1C)C2. The van der Waals surface area contributed by atoms with Gasteiger partial charge in [0.05, 0.1) is 24.5 Å². The average molecular weight is 778 g/mol. The lowest BCUT2D eigenvalue weighted by molar-refractivity contribution is -0.130. The highest BCUT2D eigenvalue weighted by molar-refractivity contribution is 6.09. The monoisotopic (exact) mass is 777 g/mol. The van der Waals surface area contributed by atoms with Gasteiger partial charge in [-0.05, 0) is 86.1 Å². The second-order valence-electron chi connectivity index (χ2n) is 14.9. The maximum absolute atomic E-state index is 14.4. The van der Waals surface area contributed by atoms with Gasteiger partial charge in [-0.2, -0.15) is 4.98 Å². The smallest absolute Gasteiger partial charge is 0.327 e. The molecule has 0 saturated carbocycles. The molecule has 300 valence electrons. The van der Waals surface area contributed by atoms with Crippen molar-refractivity contribution in [2.75, 3.05) is 27.4 Å². The van der Waals surface area contributed by atoms with Gasteiger partial charge in [0.15, 0.2) is 0 Å².